The van der Waals surface area contributed by atoms with E-state index in [0.717, 1.165) is 0 Å². The fourth-order valence-corrected chi connectivity index (χ4v) is 1.60. The van der Waals surface area contributed by atoms with Crippen molar-refractivity contribution in [3.8, 4) is 17.6 Å². The predicted octanol–water partition coefficient (Wildman–Crippen LogP) is 1.33. The largest absolute Gasteiger partial charge is 0.504 e. The highest BCUT2D eigenvalue weighted by molar-refractivity contribution is 5.89. The number of phenolic OH excluding ortho intramolecular Hbond substituents is 1. The van der Waals surface area contributed by atoms with Gasteiger partial charge in [0.2, 0.25) is 0 Å². The maximum atomic E-state index is 11.6. The number of aromatic hydroxyl groups is 1. The molecule has 0 spiro atoms. The monoisotopic (exact) mass is 318 g/mol. The summed E-state index contributed by atoms with van der Waals surface area (Å²) in [5.41, 5.74) is 0.633. The molecule has 1 aromatic rings. The minimum Gasteiger partial charge on any atom is -0.504 e. The molecule has 0 aliphatic heterocycles. The van der Waals surface area contributed by atoms with Gasteiger partial charge in [0, 0.05) is 19.7 Å². The zero-order chi connectivity index (χ0) is 17.2. The molecule has 7 heteroatoms. The lowest BCUT2D eigenvalue weighted by molar-refractivity contribution is -0.147. The molecule has 0 unspecified atom stereocenters. The smallest absolute Gasteiger partial charge is 0.331 e. The average molecular weight is 318 g/mol. The van der Waals surface area contributed by atoms with Crippen LogP contribution < -0.4 is 4.74 Å². The minimum atomic E-state index is -0.668. The van der Waals surface area contributed by atoms with Gasteiger partial charge in [-0.05, 0) is 23.8 Å². The highest BCUT2D eigenvalue weighted by Crippen LogP contribution is 2.26. The first-order valence-electron chi connectivity index (χ1n) is 6.80. The molecule has 23 heavy (non-hydrogen) atoms. The Hall–Kier alpha value is -3.01. The van der Waals surface area contributed by atoms with Crippen molar-refractivity contribution in [1.82, 2.24) is 4.90 Å². The van der Waals surface area contributed by atoms with E-state index in [0.29, 0.717) is 5.56 Å². The summed E-state index contributed by atoms with van der Waals surface area (Å²) in [7, 11) is 2.96. The first-order valence-corrected chi connectivity index (χ1v) is 6.80. The number of amides is 1. The number of benzene rings is 1. The van der Waals surface area contributed by atoms with E-state index in [-0.39, 0.29) is 37.0 Å². The summed E-state index contributed by atoms with van der Waals surface area (Å²) < 4.78 is 9.78. The van der Waals surface area contributed by atoms with Crippen molar-refractivity contribution >= 4 is 18.0 Å². The molecule has 7 nitrogen and oxygen atoms in total. The Kier molecular flexibility index (Phi) is 7.14. The number of nitriles is 1. The van der Waals surface area contributed by atoms with E-state index in [2.05, 4.69) is 0 Å². The molecule has 0 atom stereocenters. The molecule has 0 radical (unpaired) electrons. The molecular weight excluding hydrogens is 300 g/mol. The molecule has 0 saturated carbocycles. The Bertz CT molecular complexity index is 634. The third-order valence-corrected chi connectivity index (χ3v) is 2.94. The topological polar surface area (TPSA) is 99.9 Å². The van der Waals surface area contributed by atoms with Crippen LogP contribution >= 0.6 is 0 Å². The number of carbonyl (C=O) groups is 2. The highest BCUT2D eigenvalue weighted by atomic mass is 16.5. The zero-order valence-electron chi connectivity index (χ0n) is 13.0. The van der Waals surface area contributed by atoms with Crippen molar-refractivity contribution in [2.24, 2.45) is 0 Å². The Balaban J connectivity index is 2.50. The lowest BCUT2D eigenvalue weighted by Gasteiger charge is -2.14. The van der Waals surface area contributed by atoms with Crippen LogP contribution in [-0.4, -0.2) is 49.2 Å². The van der Waals surface area contributed by atoms with Crippen LogP contribution in [0.3, 0.4) is 0 Å². The number of likely N-dealkylation sites (N-methyl/N-ethyl adjacent to an activating group) is 1. The van der Waals surface area contributed by atoms with Gasteiger partial charge in [-0.2, -0.15) is 5.26 Å². The number of nitrogens with zero attached hydrogens (tertiary/aromatic N) is 2. The average Bonchev–Trinajstić information content (AvgIpc) is 2.56. The molecule has 1 rings (SSSR count). The SMILES string of the molecule is COc1cc(/C=C/C(=O)OCC(=O)N(C)CCC#N)ccc1O. The number of ether oxygens (including phenoxy) is 2. The van der Waals surface area contributed by atoms with Crippen molar-refractivity contribution in [2.75, 3.05) is 27.3 Å². The molecule has 1 N–H and O–H groups in total. The van der Waals surface area contributed by atoms with Crippen LogP contribution in [0.5, 0.6) is 11.5 Å². The van der Waals surface area contributed by atoms with Crippen molar-refractivity contribution < 1.29 is 24.2 Å². The van der Waals surface area contributed by atoms with E-state index in [9.17, 15) is 14.7 Å². The minimum absolute atomic E-state index is 0.00164. The Labute approximate surface area is 134 Å². The molecule has 0 bridgehead atoms. The second-order valence-corrected chi connectivity index (χ2v) is 4.60. The van der Waals surface area contributed by atoms with Crippen LogP contribution in [-0.2, 0) is 14.3 Å². The molecular formula is C16H18N2O5. The van der Waals surface area contributed by atoms with E-state index in [4.69, 9.17) is 14.7 Å². The quantitative estimate of drug-likeness (QED) is 0.601. The van der Waals surface area contributed by atoms with E-state index < -0.39 is 5.97 Å². The molecule has 0 aromatic heterocycles. The van der Waals surface area contributed by atoms with Gasteiger partial charge in [0.1, 0.15) is 0 Å². The Morgan fingerprint density at radius 3 is 2.83 bits per heavy atom. The van der Waals surface area contributed by atoms with Gasteiger partial charge < -0.3 is 19.5 Å². The van der Waals surface area contributed by atoms with Gasteiger partial charge in [0.25, 0.3) is 5.91 Å². The van der Waals surface area contributed by atoms with Crippen molar-refractivity contribution in [1.29, 1.82) is 5.26 Å². The maximum Gasteiger partial charge on any atom is 0.331 e. The Morgan fingerprint density at radius 1 is 1.43 bits per heavy atom. The van der Waals surface area contributed by atoms with Gasteiger partial charge in [0.15, 0.2) is 18.1 Å². The second-order valence-electron chi connectivity index (χ2n) is 4.60. The van der Waals surface area contributed by atoms with Crippen LogP contribution in [0.2, 0.25) is 0 Å². The summed E-state index contributed by atoms with van der Waals surface area (Å²) in [6.07, 6.45) is 2.88. The van der Waals surface area contributed by atoms with Gasteiger partial charge in [-0.1, -0.05) is 6.07 Å². The Morgan fingerprint density at radius 2 is 2.17 bits per heavy atom. The molecule has 0 fully saturated rings. The third-order valence-electron chi connectivity index (χ3n) is 2.94. The predicted molar refractivity (Wildman–Crippen MR) is 82.5 cm³/mol. The molecule has 122 valence electrons. The number of hydrogen-bond acceptors (Lipinski definition) is 6. The number of methoxy groups -OCH3 is 1. The molecule has 1 amide bonds. The molecule has 0 aliphatic rings. The molecule has 0 heterocycles. The van der Waals surface area contributed by atoms with E-state index in [1.807, 2.05) is 6.07 Å². The molecule has 0 aliphatic carbocycles. The normalized spacial score (nSPS) is 10.1. The number of phenols is 1. The van der Waals surface area contributed by atoms with Crippen LogP contribution in [0.15, 0.2) is 24.3 Å². The van der Waals surface area contributed by atoms with Gasteiger partial charge in [-0.25, -0.2) is 4.79 Å². The van der Waals surface area contributed by atoms with Crippen molar-refractivity contribution in [3.05, 3.63) is 29.8 Å². The molecule has 1 aromatic carbocycles. The van der Waals surface area contributed by atoms with Crippen molar-refractivity contribution in [2.45, 2.75) is 6.42 Å². The number of carbonyl (C=O) groups excluding carboxylic acids is 2. The van der Waals surface area contributed by atoms with Gasteiger partial charge in [-0.3, -0.25) is 4.79 Å². The van der Waals surface area contributed by atoms with Crippen LogP contribution in [0.4, 0.5) is 0 Å². The summed E-state index contributed by atoms with van der Waals surface area (Å²) in [6, 6.07) is 6.53. The number of esters is 1. The number of hydrogen-bond donors (Lipinski definition) is 1. The summed E-state index contributed by atoms with van der Waals surface area (Å²) in [4.78, 5) is 24.5. The maximum absolute atomic E-state index is 11.6. The lowest BCUT2D eigenvalue weighted by Crippen LogP contribution is -2.31. The second kappa shape index (κ2) is 9.10. The number of rotatable bonds is 7. The van der Waals surface area contributed by atoms with E-state index >= 15 is 0 Å². The lowest BCUT2D eigenvalue weighted by atomic mass is 10.2. The fourth-order valence-electron chi connectivity index (χ4n) is 1.60. The summed E-state index contributed by atoms with van der Waals surface area (Å²) in [6.45, 7) is -0.0972. The van der Waals surface area contributed by atoms with Gasteiger partial charge in [0.05, 0.1) is 19.6 Å². The zero-order valence-corrected chi connectivity index (χ0v) is 13.0. The van der Waals surface area contributed by atoms with E-state index in [1.165, 1.54) is 37.3 Å². The first kappa shape index (κ1) is 18.0. The first-order chi connectivity index (χ1) is 11.0. The van der Waals surface area contributed by atoms with Crippen molar-refractivity contribution in [3.63, 3.8) is 0 Å². The summed E-state index contributed by atoms with van der Waals surface area (Å²) in [5, 5.41) is 17.9. The summed E-state index contributed by atoms with van der Waals surface area (Å²) in [5.74, 6) is -0.764. The third kappa shape index (κ3) is 6.09. The van der Waals surface area contributed by atoms with Crippen LogP contribution in [0.1, 0.15) is 12.0 Å². The fraction of sp³-hybridized carbons (Fsp3) is 0.312. The van der Waals surface area contributed by atoms with E-state index in [1.54, 1.807) is 12.1 Å². The highest BCUT2D eigenvalue weighted by Gasteiger charge is 2.10. The summed E-state index contributed by atoms with van der Waals surface area (Å²) >= 11 is 0. The van der Waals surface area contributed by atoms with Gasteiger partial charge in [-0.15, -0.1) is 0 Å². The standard InChI is InChI=1S/C16H18N2O5/c1-18(9-3-8-17)15(20)11-23-16(21)7-5-12-4-6-13(19)14(10-12)22-2/h4-7,10,19H,3,9,11H2,1-2H3/b7-5+. The van der Waals surface area contributed by atoms with Crippen LogP contribution in [0, 0.1) is 11.3 Å². The van der Waals surface area contributed by atoms with Crippen LogP contribution in [0.25, 0.3) is 6.08 Å². The molecule has 0 saturated heterocycles. The van der Waals surface area contributed by atoms with Gasteiger partial charge >= 0.3 is 5.97 Å².